The van der Waals surface area contributed by atoms with E-state index in [9.17, 15) is 0 Å². The zero-order valence-corrected chi connectivity index (χ0v) is 7.75. The van der Waals surface area contributed by atoms with Crippen LogP contribution in [0.15, 0.2) is 6.20 Å². The van der Waals surface area contributed by atoms with Crippen molar-refractivity contribution < 1.29 is 0 Å². The number of hydrogen-bond donors (Lipinski definition) is 1. The Morgan fingerprint density at radius 2 is 2.54 bits per heavy atom. The molecular weight excluding hydrogens is 188 g/mol. The maximum atomic E-state index is 5.71. The molecule has 3 heterocycles. The second-order valence-electron chi connectivity index (χ2n) is 3.45. The summed E-state index contributed by atoms with van der Waals surface area (Å²) in [5.41, 5.74) is 1.08. The molecule has 5 heteroatoms. The zero-order chi connectivity index (χ0) is 8.84. The Morgan fingerprint density at radius 1 is 1.62 bits per heavy atom. The van der Waals surface area contributed by atoms with Crippen molar-refractivity contribution in [2.24, 2.45) is 0 Å². The van der Waals surface area contributed by atoms with Crippen LogP contribution in [-0.4, -0.2) is 29.1 Å². The lowest BCUT2D eigenvalue weighted by Crippen LogP contribution is -2.32. The van der Waals surface area contributed by atoms with E-state index in [0.717, 1.165) is 24.6 Å². The van der Waals surface area contributed by atoms with Gasteiger partial charge in [-0.05, 0) is 18.0 Å². The Hall–Kier alpha value is -1.03. The van der Waals surface area contributed by atoms with Crippen LogP contribution in [0.4, 0.5) is 11.5 Å². The smallest absolute Gasteiger partial charge is 0.224 e. The van der Waals surface area contributed by atoms with Crippen LogP contribution in [0.3, 0.4) is 0 Å². The Bertz CT molecular complexity index is 354. The van der Waals surface area contributed by atoms with E-state index in [2.05, 4.69) is 20.2 Å². The van der Waals surface area contributed by atoms with E-state index < -0.39 is 0 Å². The largest absolute Gasteiger partial charge is 0.365 e. The molecular formula is C8H9ClN4. The number of aromatic nitrogens is 2. The highest BCUT2D eigenvalue weighted by molar-refractivity contribution is 6.28. The first-order valence-corrected chi connectivity index (χ1v) is 4.75. The van der Waals surface area contributed by atoms with Crippen LogP contribution < -0.4 is 10.2 Å². The molecule has 2 aliphatic rings. The first-order valence-electron chi connectivity index (χ1n) is 4.37. The van der Waals surface area contributed by atoms with Crippen molar-refractivity contribution >= 4 is 23.1 Å². The number of hydrogen-bond acceptors (Lipinski definition) is 4. The average molecular weight is 197 g/mol. The predicted molar refractivity (Wildman–Crippen MR) is 51.3 cm³/mol. The summed E-state index contributed by atoms with van der Waals surface area (Å²) in [4.78, 5) is 10.4. The van der Waals surface area contributed by atoms with Crippen molar-refractivity contribution in [3.8, 4) is 0 Å². The molecule has 68 valence electrons. The number of halogens is 1. The molecule has 1 saturated heterocycles. The topological polar surface area (TPSA) is 41.1 Å². The van der Waals surface area contributed by atoms with E-state index in [1.165, 1.54) is 6.42 Å². The van der Waals surface area contributed by atoms with Crippen molar-refractivity contribution in [1.29, 1.82) is 0 Å². The van der Waals surface area contributed by atoms with Gasteiger partial charge in [0.15, 0.2) is 5.82 Å². The molecule has 0 aliphatic carbocycles. The molecule has 2 aliphatic heterocycles. The summed E-state index contributed by atoms with van der Waals surface area (Å²) in [6, 6.07) is 0.540. The Morgan fingerprint density at radius 3 is 3.46 bits per heavy atom. The van der Waals surface area contributed by atoms with E-state index in [1.807, 2.05) is 0 Å². The monoisotopic (exact) mass is 196 g/mol. The molecule has 1 atom stereocenters. The molecule has 1 aromatic rings. The fourth-order valence-corrected chi connectivity index (χ4v) is 2.12. The van der Waals surface area contributed by atoms with E-state index in [-0.39, 0.29) is 0 Å². The van der Waals surface area contributed by atoms with Crippen LogP contribution in [0.1, 0.15) is 6.42 Å². The maximum absolute atomic E-state index is 5.71. The lowest BCUT2D eigenvalue weighted by atomic mass is 10.2. The third kappa shape index (κ3) is 1.05. The molecule has 1 N–H and O–H groups in total. The third-order valence-corrected chi connectivity index (χ3v) is 2.79. The lowest BCUT2D eigenvalue weighted by Gasteiger charge is -2.26. The van der Waals surface area contributed by atoms with Crippen molar-refractivity contribution in [1.82, 2.24) is 9.97 Å². The van der Waals surface area contributed by atoms with E-state index in [0.29, 0.717) is 11.3 Å². The van der Waals surface area contributed by atoms with Gasteiger partial charge in [-0.25, -0.2) is 4.98 Å². The van der Waals surface area contributed by atoms with Gasteiger partial charge in [0.25, 0.3) is 0 Å². The van der Waals surface area contributed by atoms with Gasteiger partial charge >= 0.3 is 0 Å². The van der Waals surface area contributed by atoms with Gasteiger partial charge in [-0.1, -0.05) is 0 Å². The number of nitrogens with zero attached hydrogens (tertiary/aromatic N) is 3. The van der Waals surface area contributed by atoms with Crippen LogP contribution >= 0.6 is 11.6 Å². The molecule has 1 fully saturated rings. The minimum atomic E-state index is 0.314. The molecule has 0 saturated carbocycles. The molecule has 1 unspecified atom stereocenters. The first kappa shape index (κ1) is 7.38. The quantitative estimate of drug-likeness (QED) is 0.632. The van der Waals surface area contributed by atoms with Gasteiger partial charge in [0, 0.05) is 19.1 Å². The minimum Gasteiger partial charge on any atom is -0.365 e. The Labute approximate surface area is 80.9 Å². The van der Waals surface area contributed by atoms with E-state index in [1.54, 1.807) is 6.20 Å². The molecule has 0 aromatic carbocycles. The van der Waals surface area contributed by atoms with Gasteiger partial charge in [0.05, 0.1) is 11.9 Å². The molecule has 0 radical (unpaired) electrons. The second-order valence-corrected chi connectivity index (χ2v) is 3.79. The number of nitrogens with one attached hydrogen (secondary N) is 1. The van der Waals surface area contributed by atoms with Crippen LogP contribution in [0.25, 0.3) is 0 Å². The highest BCUT2D eigenvalue weighted by Crippen LogP contribution is 2.33. The van der Waals surface area contributed by atoms with Gasteiger partial charge in [0.2, 0.25) is 5.28 Å². The summed E-state index contributed by atoms with van der Waals surface area (Å²) < 4.78 is 0. The summed E-state index contributed by atoms with van der Waals surface area (Å²) in [7, 11) is 0. The normalized spacial score (nSPS) is 24.1. The van der Waals surface area contributed by atoms with Crippen LogP contribution in [0.5, 0.6) is 0 Å². The Balaban J connectivity index is 2.12. The van der Waals surface area contributed by atoms with Crippen molar-refractivity contribution in [2.45, 2.75) is 12.5 Å². The van der Waals surface area contributed by atoms with Gasteiger partial charge < -0.3 is 10.2 Å². The SMILES string of the molecule is Clc1ncc2c(n1)NC1CCN2C1. The maximum Gasteiger partial charge on any atom is 0.224 e. The molecule has 2 bridgehead atoms. The standard InChI is InChI=1S/C8H9ClN4/c9-8-10-3-6-7(12-8)11-5-1-2-13(6)4-5/h3,5H,1-2,4H2,(H,10,11,12). The fraction of sp³-hybridized carbons (Fsp3) is 0.500. The van der Waals surface area contributed by atoms with Crippen LogP contribution in [0.2, 0.25) is 5.28 Å². The van der Waals surface area contributed by atoms with Gasteiger partial charge in [-0.3, -0.25) is 0 Å². The van der Waals surface area contributed by atoms with Crippen molar-refractivity contribution in [3.05, 3.63) is 11.5 Å². The molecule has 13 heavy (non-hydrogen) atoms. The summed E-state index contributed by atoms with van der Waals surface area (Å²) in [5.74, 6) is 0.883. The van der Waals surface area contributed by atoms with E-state index >= 15 is 0 Å². The predicted octanol–water partition coefficient (Wildman–Crippen LogP) is 1.13. The van der Waals surface area contributed by atoms with Crippen molar-refractivity contribution in [2.75, 3.05) is 23.3 Å². The minimum absolute atomic E-state index is 0.314. The summed E-state index contributed by atoms with van der Waals surface area (Å²) in [5, 5.41) is 3.67. The fourth-order valence-electron chi connectivity index (χ4n) is 1.98. The third-order valence-electron chi connectivity index (χ3n) is 2.61. The van der Waals surface area contributed by atoms with E-state index in [4.69, 9.17) is 11.6 Å². The van der Waals surface area contributed by atoms with Crippen LogP contribution in [-0.2, 0) is 0 Å². The summed E-state index contributed by atoms with van der Waals surface area (Å²) >= 11 is 5.71. The lowest BCUT2D eigenvalue weighted by molar-refractivity contribution is 0.785. The molecule has 0 amide bonds. The summed E-state index contributed by atoms with van der Waals surface area (Å²) in [6.07, 6.45) is 2.97. The van der Waals surface area contributed by atoms with Crippen molar-refractivity contribution in [3.63, 3.8) is 0 Å². The second kappa shape index (κ2) is 2.48. The first-order chi connectivity index (χ1) is 6.33. The number of anilines is 2. The zero-order valence-electron chi connectivity index (χ0n) is 7.00. The highest BCUT2D eigenvalue weighted by atomic mass is 35.5. The molecule has 3 rings (SSSR count). The molecule has 4 nitrogen and oxygen atoms in total. The molecule has 1 aromatic heterocycles. The number of rotatable bonds is 0. The average Bonchev–Trinajstić information content (AvgIpc) is 2.48. The Kier molecular flexibility index (Phi) is 1.41. The highest BCUT2D eigenvalue weighted by Gasteiger charge is 2.30. The van der Waals surface area contributed by atoms with Gasteiger partial charge in [0.1, 0.15) is 0 Å². The van der Waals surface area contributed by atoms with Gasteiger partial charge in [-0.2, -0.15) is 4.98 Å². The number of fused-ring (bicyclic) bond motifs is 4. The van der Waals surface area contributed by atoms with Crippen LogP contribution in [0, 0.1) is 0 Å². The summed E-state index contributed by atoms with van der Waals surface area (Å²) in [6.45, 7) is 2.16. The van der Waals surface area contributed by atoms with Gasteiger partial charge in [-0.15, -0.1) is 0 Å². The molecule has 0 spiro atoms.